The summed E-state index contributed by atoms with van der Waals surface area (Å²) in [4.78, 5) is 0. The molecular formula is C14H11BrO. The fraction of sp³-hybridized carbons (Fsp3) is 0.143. The summed E-state index contributed by atoms with van der Waals surface area (Å²) >= 11 is 3.34. The Morgan fingerprint density at radius 1 is 1.06 bits per heavy atom. The number of rotatable bonds is 1. The zero-order chi connectivity index (χ0) is 11.4. The van der Waals surface area contributed by atoms with E-state index in [1.54, 1.807) is 6.07 Å². The van der Waals surface area contributed by atoms with Gasteiger partial charge >= 0.3 is 0 Å². The molecule has 0 aliphatic heterocycles. The lowest BCUT2D eigenvalue weighted by Gasteiger charge is -2.02. The van der Waals surface area contributed by atoms with E-state index in [2.05, 4.69) is 27.8 Å². The highest BCUT2D eigenvalue weighted by atomic mass is 79.9. The Morgan fingerprint density at radius 3 is 2.56 bits per heavy atom. The normalized spacial score (nSPS) is 9.81. The number of hydrogen-bond acceptors (Lipinski definition) is 1. The van der Waals surface area contributed by atoms with E-state index in [1.807, 2.05) is 30.3 Å². The fourth-order valence-electron chi connectivity index (χ4n) is 1.60. The van der Waals surface area contributed by atoms with Crippen LogP contribution in [0, 0.1) is 11.8 Å². The number of benzene rings is 2. The van der Waals surface area contributed by atoms with Crippen LogP contribution in [0.2, 0.25) is 0 Å². The molecule has 2 aromatic rings. The van der Waals surface area contributed by atoms with Crippen LogP contribution in [-0.4, -0.2) is 10.4 Å². The Kier molecular flexibility index (Phi) is 3.48. The summed E-state index contributed by atoms with van der Waals surface area (Å²) in [5.41, 5.74) is 0.967. The predicted molar refractivity (Wildman–Crippen MR) is 70.9 cm³/mol. The first-order valence-corrected chi connectivity index (χ1v) is 6.20. The minimum absolute atomic E-state index is 0.307. The molecule has 0 spiro atoms. The van der Waals surface area contributed by atoms with Gasteiger partial charge in [-0.1, -0.05) is 52.0 Å². The number of halogens is 1. The van der Waals surface area contributed by atoms with Crippen LogP contribution in [0.3, 0.4) is 0 Å². The van der Waals surface area contributed by atoms with Gasteiger partial charge in [0.15, 0.2) is 0 Å². The van der Waals surface area contributed by atoms with Gasteiger partial charge in [0.25, 0.3) is 0 Å². The van der Waals surface area contributed by atoms with Crippen LogP contribution in [-0.2, 0) is 0 Å². The summed E-state index contributed by atoms with van der Waals surface area (Å²) in [5.74, 6) is 6.52. The minimum Gasteiger partial charge on any atom is -0.507 e. The van der Waals surface area contributed by atoms with Crippen molar-refractivity contribution >= 4 is 26.7 Å². The molecule has 80 valence electrons. The molecule has 1 nitrogen and oxygen atoms in total. The van der Waals surface area contributed by atoms with Gasteiger partial charge in [0.1, 0.15) is 5.75 Å². The maximum Gasteiger partial charge on any atom is 0.123 e. The molecule has 0 atom stereocenters. The molecule has 16 heavy (non-hydrogen) atoms. The topological polar surface area (TPSA) is 20.2 Å². The predicted octanol–water partition coefficient (Wildman–Crippen LogP) is 3.68. The third-order valence-corrected chi connectivity index (χ3v) is 2.74. The lowest BCUT2D eigenvalue weighted by molar-refractivity contribution is 0.481. The van der Waals surface area contributed by atoms with E-state index in [0.717, 1.165) is 28.1 Å². The van der Waals surface area contributed by atoms with Crippen molar-refractivity contribution < 1.29 is 5.11 Å². The third-order valence-electron chi connectivity index (χ3n) is 2.34. The van der Waals surface area contributed by atoms with Gasteiger partial charge < -0.3 is 5.11 Å². The van der Waals surface area contributed by atoms with Crippen molar-refractivity contribution in [3.63, 3.8) is 0 Å². The molecule has 0 bridgehead atoms. The summed E-state index contributed by atoms with van der Waals surface area (Å²) in [7, 11) is 0. The van der Waals surface area contributed by atoms with Crippen LogP contribution in [0.15, 0.2) is 36.4 Å². The number of alkyl halides is 1. The quantitative estimate of drug-likeness (QED) is 0.621. The van der Waals surface area contributed by atoms with Gasteiger partial charge in [0.05, 0.1) is 0 Å². The molecule has 0 aliphatic carbocycles. The summed E-state index contributed by atoms with van der Waals surface area (Å²) in [6, 6.07) is 11.3. The van der Waals surface area contributed by atoms with E-state index in [-0.39, 0.29) is 0 Å². The Labute approximate surface area is 103 Å². The molecule has 0 saturated carbocycles. The van der Waals surface area contributed by atoms with Crippen molar-refractivity contribution in [3.8, 4) is 17.6 Å². The van der Waals surface area contributed by atoms with Crippen LogP contribution in [0.1, 0.15) is 12.0 Å². The summed E-state index contributed by atoms with van der Waals surface area (Å²) in [5, 5.41) is 12.5. The smallest absolute Gasteiger partial charge is 0.123 e. The van der Waals surface area contributed by atoms with Gasteiger partial charge in [0, 0.05) is 28.1 Å². The third kappa shape index (κ3) is 2.20. The van der Waals surface area contributed by atoms with E-state index >= 15 is 0 Å². The number of phenolic OH excluding ortho intramolecular Hbond substituents is 1. The lowest BCUT2D eigenvalue weighted by Crippen LogP contribution is -1.80. The first-order valence-electron chi connectivity index (χ1n) is 5.08. The number of fused-ring (bicyclic) bond motifs is 1. The SMILES string of the molecule is Oc1ccc(C#CCCBr)c2ccccc12. The summed E-state index contributed by atoms with van der Waals surface area (Å²) < 4.78 is 0. The highest BCUT2D eigenvalue weighted by Gasteiger charge is 2.01. The highest BCUT2D eigenvalue weighted by Crippen LogP contribution is 2.26. The zero-order valence-electron chi connectivity index (χ0n) is 8.70. The van der Waals surface area contributed by atoms with Crippen LogP contribution in [0.4, 0.5) is 0 Å². The summed E-state index contributed by atoms with van der Waals surface area (Å²) in [6.07, 6.45) is 0.829. The average Bonchev–Trinajstić information content (AvgIpc) is 2.33. The second-order valence-corrected chi connectivity index (χ2v) is 4.21. The largest absolute Gasteiger partial charge is 0.507 e. The molecule has 0 amide bonds. The van der Waals surface area contributed by atoms with Gasteiger partial charge in [-0.05, 0) is 12.1 Å². The molecule has 0 aromatic heterocycles. The Hall–Kier alpha value is -1.46. The fourth-order valence-corrected chi connectivity index (χ4v) is 1.80. The molecule has 2 aromatic carbocycles. The van der Waals surface area contributed by atoms with E-state index in [1.165, 1.54) is 0 Å². The first kappa shape index (κ1) is 11.0. The van der Waals surface area contributed by atoms with Gasteiger partial charge in [-0.2, -0.15) is 0 Å². The number of aromatic hydroxyl groups is 1. The standard InChI is InChI=1S/C14H11BrO/c15-10-4-3-5-11-8-9-14(16)13-7-2-1-6-12(11)13/h1-2,6-9,16H,4,10H2. The average molecular weight is 275 g/mol. The van der Waals surface area contributed by atoms with Crippen molar-refractivity contribution in [1.82, 2.24) is 0 Å². The molecule has 2 heteroatoms. The zero-order valence-corrected chi connectivity index (χ0v) is 10.3. The van der Waals surface area contributed by atoms with E-state index in [9.17, 15) is 5.11 Å². The first-order chi connectivity index (χ1) is 7.83. The van der Waals surface area contributed by atoms with Crippen LogP contribution in [0.25, 0.3) is 10.8 Å². The number of phenols is 1. The lowest BCUT2D eigenvalue weighted by atomic mass is 10.0. The monoisotopic (exact) mass is 274 g/mol. The highest BCUT2D eigenvalue weighted by molar-refractivity contribution is 9.09. The molecule has 0 heterocycles. The molecule has 0 radical (unpaired) electrons. The maximum atomic E-state index is 9.71. The van der Waals surface area contributed by atoms with E-state index < -0.39 is 0 Å². The van der Waals surface area contributed by atoms with Crippen LogP contribution >= 0.6 is 15.9 Å². The van der Waals surface area contributed by atoms with E-state index in [0.29, 0.717) is 5.75 Å². The Bertz CT molecular complexity index is 564. The van der Waals surface area contributed by atoms with Gasteiger partial charge in [0.2, 0.25) is 0 Å². The van der Waals surface area contributed by atoms with Gasteiger partial charge in [-0.3, -0.25) is 0 Å². The Balaban J connectivity index is 2.56. The second-order valence-electron chi connectivity index (χ2n) is 3.42. The number of hydrogen-bond donors (Lipinski definition) is 1. The van der Waals surface area contributed by atoms with Crippen molar-refractivity contribution in [3.05, 3.63) is 42.0 Å². The maximum absolute atomic E-state index is 9.71. The van der Waals surface area contributed by atoms with Crippen molar-refractivity contribution in [2.24, 2.45) is 0 Å². The second kappa shape index (κ2) is 5.05. The summed E-state index contributed by atoms with van der Waals surface area (Å²) in [6.45, 7) is 0. The van der Waals surface area contributed by atoms with Crippen molar-refractivity contribution in [1.29, 1.82) is 0 Å². The van der Waals surface area contributed by atoms with Crippen LogP contribution < -0.4 is 0 Å². The van der Waals surface area contributed by atoms with Gasteiger partial charge in [-0.25, -0.2) is 0 Å². The van der Waals surface area contributed by atoms with Crippen molar-refractivity contribution in [2.45, 2.75) is 6.42 Å². The van der Waals surface area contributed by atoms with E-state index in [4.69, 9.17) is 0 Å². The molecule has 1 N–H and O–H groups in total. The molecule has 0 aliphatic rings. The molecule has 0 fully saturated rings. The van der Waals surface area contributed by atoms with Gasteiger partial charge in [-0.15, -0.1) is 0 Å². The minimum atomic E-state index is 0.307. The molecule has 0 unspecified atom stereocenters. The molecule has 2 rings (SSSR count). The molecular weight excluding hydrogens is 264 g/mol. The Morgan fingerprint density at radius 2 is 1.81 bits per heavy atom. The van der Waals surface area contributed by atoms with Crippen molar-refractivity contribution in [2.75, 3.05) is 5.33 Å². The molecule has 0 saturated heterocycles. The van der Waals surface area contributed by atoms with Crippen LogP contribution in [0.5, 0.6) is 5.75 Å².